The molecule has 1 aromatic heterocycles. The quantitative estimate of drug-likeness (QED) is 0.887. The van der Waals surface area contributed by atoms with Crippen LogP contribution in [-0.2, 0) is 18.3 Å². The number of aryl methyl sites for hydroxylation is 1. The molecule has 1 aliphatic rings. The third-order valence-electron chi connectivity index (χ3n) is 3.67. The van der Waals surface area contributed by atoms with Gasteiger partial charge in [0.05, 0.1) is 18.7 Å². The number of amides is 1. The van der Waals surface area contributed by atoms with Crippen molar-refractivity contribution in [3.8, 4) is 0 Å². The molecular weight excluding hydrogens is 242 g/mol. The van der Waals surface area contributed by atoms with Crippen LogP contribution in [0.2, 0.25) is 0 Å². The summed E-state index contributed by atoms with van der Waals surface area (Å²) in [4.78, 5) is 14.3. The van der Waals surface area contributed by atoms with Crippen molar-refractivity contribution >= 4 is 5.91 Å². The smallest absolute Gasteiger partial charge is 0.227 e. The van der Waals surface area contributed by atoms with Crippen molar-refractivity contribution in [2.75, 3.05) is 6.54 Å². The van der Waals surface area contributed by atoms with Crippen molar-refractivity contribution in [3.63, 3.8) is 0 Å². The van der Waals surface area contributed by atoms with Crippen LogP contribution in [0.5, 0.6) is 0 Å². The van der Waals surface area contributed by atoms with Gasteiger partial charge in [-0.1, -0.05) is 0 Å². The van der Waals surface area contributed by atoms with Gasteiger partial charge in [-0.25, -0.2) is 0 Å². The van der Waals surface area contributed by atoms with Gasteiger partial charge >= 0.3 is 0 Å². The van der Waals surface area contributed by atoms with Crippen molar-refractivity contribution in [2.24, 2.45) is 7.05 Å². The molecule has 1 N–H and O–H groups in total. The molecule has 0 saturated carbocycles. The predicted octanol–water partition coefficient (Wildman–Crippen LogP) is 1.11. The zero-order valence-corrected chi connectivity index (χ0v) is 11.7. The molecule has 2 unspecified atom stereocenters. The average Bonchev–Trinajstić information content (AvgIpc) is 2.74. The SMILES string of the molecule is CC(O)CC1CCCCN1C(=O)Cc1cnn(C)c1. The molecule has 0 aromatic carbocycles. The van der Waals surface area contributed by atoms with Gasteiger partial charge in [-0.2, -0.15) is 5.10 Å². The number of carbonyl (C=O) groups excluding carboxylic acids is 1. The minimum atomic E-state index is -0.350. The molecule has 1 fully saturated rings. The number of hydrogen-bond acceptors (Lipinski definition) is 3. The molecule has 2 rings (SSSR count). The average molecular weight is 265 g/mol. The summed E-state index contributed by atoms with van der Waals surface area (Å²) in [6.07, 6.45) is 7.57. The summed E-state index contributed by atoms with van der Waals surface area (Å²) in [5.41, 5.74) is 0.953. The first-order valence-electron chi connectivity index (χ1n) is 7.01. The first-order valence-corrected chi connectivity index (χ1v) is 7.01. The Balaban J connectivity index is 1.98. The molecule has 0 aliphatic carbocycles. The second-order valence-electron chi connectivity index (χ2n) is 5.52. The fourth-order valence-electron chi connectivity index (χ4n) is 2.81. The number of carbonyl (C=O) groups is 1. The largest absolute Gasteiger partial charge is 0.393 e. The van der Waals surface area contributed by atoms with Gasteiger partial charge in [0.2, 0.25) is 5.91 Å². The third-order valence-corrected chi connectivity index (χ3v) is 3.67. The zero-order chi connectivity index (χ0) is 13.8. The van der Waals surface area contributed by atoms with E-state index in [2.05, 4.69) is 5.10 Å². The Hall–Kier alpha value is -1.36. The topological polar surface area (TPSA) is 58.4 Å². The maximum Gasteiger partial charge on any atom is 0.227 e. The molecule has 1 aliphatic heterocycles. The van der Waals surface area contributed by atoms with Crippen molar-refractivity contribution in [3.05, 3.63) is 18.0 Å². The van der Waals surface area contributed by atoms with Crippen LogP contribution in [-0.4, -0.2) is 44.4 Å². The summed E-state index contributed by atoms with van der Waals surface area (Å²) >= 11 is 0. The molecule has 0 spiro atoms. The van der Waals surface area contributed by atoms with Crippen LogP contribution in [0, 0.1) is 0 Å². The van der Waals surface area contributed by atoms with Crippen molar-refractivity contribution in [2.45, 2.75) is 51.2 Å². The summed E-state index contributed by atoms with van der Waals surface area (Å²) in [5.74, 6) is 0.151. The van der Waals surface area contributed by atoms with E-state index in [1.165, 1.54) is 0 Å². The number of hydrogen-bond donors (Lipinski definition) is 1. The Morgan fingerprint density at radius 2 is 2.37 bits per heavy atom. The molecule has 5 nitrogen and oxygen atoms in total. The Bertz CT molecular complexity index is 428. The predicted molar refractivity (Wildman–Crippen MR) is 72.6 cm³/mol. The summed E-state index contributed by atoms with van der Waals surface area (Å²) in [5, 5.41) is 13.6. The highest BCUT2D eigenvalue weighted by Gasteiger charge is 2.27. The van der Waals surface area contributed by atoms with Crippen LogP contribution >= 0.6 is 0 Å². The lowest BCUT2D eigenvalue weighted by atomic mass is 9.96. The van der Waals surface area contributed by atoms with Gasteiger partial charge in [0.15, 0.2) is 0 Å². The Kier molecular flexibility index (Phi) is 4.58. The van der Waals surface area contributed by atoms with Crippen LogP contribution < -0.4 is 0 Å². The van der Waals surface area contributed by atoms with Crippen LogP contribution in [0.25, 0.3) is 0 Å². The van der Waals surface area contributed by atoms with Gasteiger partial charge in [0.1, 0.15) is 0 Å². The molecule has 1 amide bonds. The molecular formula is C14H23N3O2. The first-order chi connectivity index (χ1) is 9.06. The van der Waals surface area contributed by atoms with E-state index in [4.69, 9.17) is 0 Å². The van der Waals surface area contributed by atoms with Gasteiger partial charge in [0.25, 0.3) is 0 Å². The van der Waals surface area contributed by atoms with E-state index in [-0.39, 0.29) is 18.1 Å². The van der Waals surface area contributed by atoms with Gasteiger partial charge in [-0.15, -0.1) is 0 Å². The Morgan fingerprint density at radius 3 is 3.00 bits per heavy atom. The minimum Gasteiger partial charge on any atom is -0.393 e. The highest BCUT2D eigenvalue weighted by atomic mass is 16.3. The minimum absolute atomic E-state index is 0.151. The fraction of sp³-hybridized carbons (Fsp3) is 0.714. The summed E-state index contributed by atoms with van der Waals surface area (Å²) < 4.78 is 1.71. The number of nitrogens with zero attached hydrogens (tertiary/aromatic N) is 3. The van der Waals surface area contributed by atoms with Crippen molar-refractivity contribution in [1.82, 2.24) is 14.7 Å². The molecule has 0 bridgehead atoms. The zero-order valence-electron chi connectivity index (χ0n) is 11.7. The van der Waals surface area contributed by atoms with Crippen molar-refractivity contribution < 1.29 is 9.90 Å². The maximum absolute atomic E-state index is 12.4. The first kappa shape index (κ1) is 14.1. The number of aromatic nitrogens is 2. The molecule has 2 atom stereocenters. The van der Waals surface area contributed by atoms with Crippen LogP contribution in [0.1, 0.15) is 38.2 Å². The monoisotopic (exact) mass is 265 g/mol. The molecule has 106 valence electrons. The molecule has 2 heterocycles. The standard InChI is InChI=1S/C14H23N3O2/c1-11(18)7-13-5-3-4-6-17(13)14(19)8-12-9-15-16(2)10-12/h9-11,13,18H,3-8H2,1-2H3. The van der Waals surface area contributed by atoms with E-state index >= 15 is 0 Å². The van der Waals surface area contributed by atoms with Gasteiger partial charge in [0, 0.05) is 25.8 Å². The second-order valence-corrected chi connectivity index (χ2v) is 5.52. The van der Waals surface area contributed by atoms with Crippen molar-refractivity contribution in [1.29, 1.82) is 0 Å². The second kappa shape index (κ2) is 6.19. The van der Waals surface area contributed by atoms with E-state index in [1.54, 1.807) is 17.8 Å². The van der Waals surface area contributed by atoms with Gasteiger partial charge in [-0.3, -0.25) is 9.48 Å². The van der Waals surface area contributed by atoms with Crippen LogP contribution in [0.4, 0.5) is 0 Å². The summed E-state index contributed by atoms with van der Waals surface area (Å²) in [7, 11) is 1.85. The fourth-order valence-corrected chi connectivity index (χ4v) is 2.81. The number of rotatable bonds is 4. The normalized spacial score (nSPS) is 21.4. The van der Waals surface area contributed by atoms with Crippen LogP contribution in [0.15, 0.2) is 12.4 Å². The number of aliphatic hydroxyl groups is 1. The molecule has 0 radical (unpaired) electrons. The van der Waals surface area contributed by atoms with Gasteiger partial charge < -0.3 is 10.0 Å². The lowest BCUT2D eigenvalue weighted by Gasteiger charge is -2.36. The lowest BCUT2D eigenvalue weighted by Crippen LogP contribution is -2.45. The third kappa shape index (κ3) is 3.80. The molecule has 5 heteroatoms. The molecule has 19 heavy (non-hydrogen) atoms. The maximum atomic E-state index is 12.4. The molecule has 1 saturated heterocycles. The van der Waals surface area contributed by atoms with E-state index in [0.29, 0.717) is 12.8 Å². The van der Waals surface area contributed by atoms with Crippen LogP contribution in [0.3, 0.4) is 0 Å². The highest BCUT2D eigenvalue weighted by Crippen LogP contribution is 2.22. The van der Waals surface area contributed by atoms with E-state index in [1.807, 2.05) is 18.1 Å². The summed E-state index contributed by atoms with van der Waals surface area (Å²) in [6, 6.07) is 0.193. The van der Waals surface area contributed by atoms with E-state index in [0.717, 1.165) is 31.4 Å². The van der Waals surface area contributed by atoms with E-state index < -0.39 is 0 Å². The number of aliphatic hydroxyl groups excluding tert-OH is 1. The number of piperidine rings is 1. The Labute approximate surface area is 114 Å². The Morgan fingerprint density at radius 1 is 1.58 bits per heavy atom. The van der Waals surface area contributed by atoms with E-state index in [9.17, 15) is 9.90 Å². The van der Waals surface area contributed by atoms with Gasteiger partial charge in [-0.05, 0) is 38.2 Å². The molecule has 1 aromatic rings. The summed E-state index contributed by atoms with van der Waals surface area (Å²) in [6.45, 7) is 2.61. The lowest BCUT2D eigenvalue weighted by molar-refractivity contribution is -0.134. The highest BCUT2D eigenvalue weighted by molar-refractivity contribution is 5.79. The number of likely N-dealkylation sites (tertiary alicyclic amines) is 1.